The molecule has 6 heteroatoms. The average molecular weight is 434 g/mol. The third-order valence-corrected chi connectivity index (χ3v) is 5.53. The van der Waals surface area contributed by atoms with Crippen LogP contribution in [0, 0.1) is 5.92 Å². The summed E-state index contributed by atoms with van der Waals surface area (Å²) in [5.74, 6) is 1.88. The largest absolute Gasteiger partial charge is 0.441 e. The summed E-state index contributed by atoms with van der Waals surface area (Å²) in [6, 6.07) is 16.3. The molecule has 1 saturated heterocycles. The van der Waals surface area contributed by atoms with Crippen molar-refractivity contribution < 1.29 is 13.9 Å². The number of anilines is 2. The molecule has 0 aliphatic carbocycles. The first-order valence-electron chi connectivity index (χ1n) is 11.3. The summed E-state index contributed by atoms with van der Waals surface area (Å²) in [6.45, 7) is 7.49. The fourth-order valence-corrected chi connectivity index (χ4v) is 3.93. The Labute approximate surface area is 189 Å². The van der Waals surface area contributed by atoms with Crippen LogP contribution in [0.1, 0.15) is 31.7 Å². The van der Waals surface area contributed by atoms with E-state index >= 15 is 0 Å². The molecule has 2 heterocycles. The Kier molecular flexibility index (Phi) is 7.22. The van der Waals surface area contributed by atoms with Crippen LogP contribution in [0.4, 0.5) is 11.4 Å². The molecule has 0 atom stereocenters. The molecule has 0 saturated carbocycles. The van der Waals surface area contributed by atoms with Gasteiger partial charge in [0, 0.05) is 31.5 Å². The number of rotatable bonds is 8. The topological polar surface area (TPSA) is 67.6 Å². The van der Waals surface area contributed by atoms with Crippen LogP contribution < -0.4 is 10.2 Å². The second-order valence-corrected chi connectivity index (χ2v) is 8.58. The van der Waals surface area contributed by atoms with E-state index in [2.05, 4.69) is 53.3 Å². The molecule has 1 aliphatic heterocycles. The number of morpholine rings is 1. The van der Waals surface area contributed by atoms with Gasteiger partial charge in [-0.15, -0.1) is 0 Å². The number of nitrogens with one attached hydrogen (secondary N) is 1. The zero-order valence-corrected chi connectivity index (χ0v) is 18.8. The lowest BCUT2D eigenvalue weighted by atomic mass is 10.0. The van der Waals surface area contributed by atoms with Gasteiger partial charge in [0.1, 0.15) is 0 Å². The summed E-state index contributed by atoms with van der Waals surface area (Å²) in [5.41, 5.74) is 4.18. The average Bonchev–Trinajstić information content (AvgIpc) is 3.28. The minimum absolute atomic E-state index is 0.0523. The number of aryl methyl sites for hydroxylation is 1. The van der Waals surface area contributed by atoms with Gasteiger partial charge >= 0.3 is 0 Å². The van der Waals surface area contributed by atoms with Crippen LogP contribution in [0.5, 0.6) is 0 Å². The minimum atomic E-state index is -0.0523. The molecule has 6 nitrogen and oxygen atoms in total. The fraction of sp³-hybridized carbons (Fsp3) is 0.385. The first-order valence-corrected chi connectivity index (χ1v) is 11.3. The highest BCUT2D eigenvalue weighted by molar-refractivity contribution is 5.94. The first-order chi connectivity index (χ1) is 15.6. The Bertz CT molecular complexity index is 1020. The minimum Gasteiger partial charge on any atom is -0.441 e. The molecule has 1 fully saturated rings. The van der Waals surface area contributed by atoms with Crippen LogP contribution in [0.25, 0.3) is 11.3 Å². The molecule has 2 aromatic carbocycles. The van der Waals surface area contributed by atoms with Crippen molar-refractivity contribution in [1.29, 1.82) is 0 Å². The monoisotopic (exact) mass is 433 g/mol. The summed E-state index contributed by atoms with van der Waals surface area (Å²) in [7, 11) is 0. The second kappa shape index (κ2) is 10.5. The number of benzene rings is 2. The Morgan fingerprint density at radius 3 is 2.59 bits per heavy atom. The SMILES string of the molecule is CC(C)Cc1ccc(-c2cnc(CCC(=O)Nc3ccccc3N3CCOCC3)o2)cc1. The lowest BCUT2D eigenvalue weighted by Gasteiger charge is -2.30. The molecule has 3 aromatic rings. The van der Waals surface area contributed by atoms with Crippen LogP contribution in [0.2, 0.25) is 0 Å². The molecule has 0 unspecified atom stereocenters. The van der Waals surface area contributed by atoms with E-state index in [9.17, 15) is 4.79 Å². The number of carbonyl (C=O) groups excluding carboxylic acids is 1. The zero-order valence-electron chi connectivity index (χ0n) is 18.8. The molecule has 168 valence electrons. The number of carbonyl (C=O) groups is 1. The molecule has 1 aromatic heterocycles. The zero-order chi connectivity index (χ0) is 22.3. The highest BCUT2D eigenvalue weighted by atomic mass is 16.5. The van der Waals surface area contributed by atoms with Crippen molar-refractivity contribution >= 4 is 17.3 Å². The third-order valence-electron chi connectivity index (χ3n) is 5.53. The molecule has 1 N–H and O–H groups in total. The van der Waals surface area contributed by atoms with Crippen molar-refractivity contribution in [3.05, 3.63) is 66.2 Å². The lowest BCUT2D eigenvalue weighted by molar-refractivity contribution is -0.116. The summed E-state index contributed by atoms with van der Waals surface area (Å²) in [4.78, 5) is 19.2. The molecular formula is C26H31N3O3. The van der Waals surface area contributed by atoms with Gasteiger partial charge in [-0.2, -0.15) is 0 Å². The van der Waals surface area contributed by atoms with Gasteiger partial charge in [0.25, 0.3) is 0 Å². The van der Waals surface area contributed by atoms with E-state index in [4.69, 9.17) is 9.15 Å². The summed E-state index contributed by atoms with van der Waals surface area (Å²) < 4.78 is 11.3. The van der Waals surface area contributed by atoms with E-state index < -0.39 is 0 Å². The Morgan fingerprint density at radius 2 is 1.84 bits per heavy atom. The second-order valence-electron chi connectivity index (χ2n) is 8.58. The van der Waals surface area contributed by atoms with Crippen molar-refractivity contribution in [1.82, 2.24) is 4.98 Å². The van der Waals surface area contributed by atoms with Gasteiger partial charge in [0.05, 0.1) is 30.8 Å². The number of nitrogens with zero attached hydrogens (tertiary/aromatic N) is 2. The molecular weight excluding hydrogens is 402 g/mol. The molecule has 1 amide bonds. The lowest BCUT2D eigenvalue weighted by Crippen LogP contribution is -2.36. The molecule has 4 rings (SSSR count). The number of hydrogen-bond acceptors (Lipinski definition) is 5. The van der Waals surface area contributed by atoms with Crippen LogP contribution in [-0.4, -0.2) is 37.2 Å². The van der Waals surface area contributed by atoms with Gasteiger partial charge in [-0.1, -0.05) is 50.2 Å². The number of aromatic nitrogens is 1. The molecule has 0 bridgehead atoms. The van der Waals surface area contributed by atoms with Gasteiger partial charge in [0.2, 0.25) is 5.91 Å². The highest BCUT2D eigenvalue weighted by Gasteiger charge is 2.16. The molecule has 1 aliphatic rings. The summed E-state index contributed by atoms with van der Waals surface area (Å²) in [6.07, 6.45) is 3.56. The van der Waals surface area contributed by atoms with E-state index in [-0.39, 0.29) is 5.91 Å². The molecule has 32 heavy (non-hydrogen) atoms. The third kappa shape index (κ3) is 5.77. The Hall–Kier alpha value is -3.12. The van der Waals surface area contributed by atoms with E-state index in [1.807, 2.05) is 24.3 Å². The smallest absolute Gasteiger partial charge is 0.224 e. The highest BCUT2D eigenvalue weighted by Crippen LogP contribution is 2.27. The van der Waals surface area contributed by atoms with E-state index in [0.717, 1.165) is 42.2 Å². The predicted molar refractivity (Wildman–Crippen MR) is 127 cm³/mol. The van der Waals surface area contributed by atoms with E-state index in [1.165, 1.54) is 5.56 Å². The van der Waals surface area contributed by atoms with Gasteiger partial charge in [-0.25, -0.2) is 4.98 Å². The first kappa shape index (κ1) is 22.1. The van der Waals surface area contributed by atoms with Crippen LogP contribution >= 0.6 is 0 Å². The van der Waals surface area contributed by atoms with Crippen molar-refractivity contribution in [2.24, 2.45) is 5.92 Å². The maximum absolute atomic E-state index is 12.6. The summed E-state index contributed by atoms with van der Waals surface area (Å²) in [5, 5.41) is 3.05. The quantitative estimate of drug-likeness (QED) is 0.545. The van der Waals surface area contributed by atoms with Crippen LogP contribution in [0.15, 0.2) is 59.1 Å². The van der Waals surface area contributed by atoms with Gasteiger partial charge in [-0.3, -0.25) is 4.79 Å². The van der Waals surface area contributed by atoms with Crippen molar-refractivity contribution in [2.75, 3.05) is 36.5 Å². The maximum Gasteiger partial charge on any atom is 0.224 e. The Morgan fingerprint density at radius 1 is 1.09 bits per heavy atom. The number of para-hydroxylation sites is 2. The normalized spacial score (nSPS) is 14.0. The Balaban J connectivity index is 1.33. The number of oxazole rings is 1. The standard InChI is InChI=1S/C26H31N3O3/c1-19(2)17-20-7-9-21(10-8-20)24-18-27-26(32-24)12-11-25(30)28-22-5-3-4-6-23(22)29-13-15-31-16-14-29/h3-10,18-19H,11-17H2,1-2H3,(H,28,30). The molecule has 0 spiro atoms. The van der Waals surface area contributed by atoms with Gasteiger partial charge < -0.3 is 19.4 Å². The van der Waals surface area contributed by atoms with Crippen LogP contribution in [0.3, 0.4) is 0 Å². The van der Waals surface area contributed by atoms with Crippen molar-refractivity contribution in [3.8, 4) is 11.3 Å². The fourth-order valence-electron chi connectivity index (χ4n) is 3.93. The van der Waals surface area contributed by atoms with Crippen molar-refractivity contribution in [3.63, 3.8) is 0 Å². The summed E-state index contributed by atoms with van der Waals surface area (Å²) >= 11 is 0. The number of ether oxygens (including phenoxy) is 1. The number of amides is 1. The van der Waals surface area contributed by atoms with Crippen LogP contribution in [-0.2, 0) is 22.4 Å². The van der Waals surface area contributed by atoms with Gasteiger partial charge in [0.15, 0.2) is 11.7 Å². The van der Waals surface area contributed by atoms with E-state index in [1.54, 1.807) is 6.20 Å². The predicted octanol–water partition coefficient (Wildman–Crippen LogP) is 4.95. The van der Waals surface area contributed by atoms with E-state index in [0.29, 0.717) is 37.9 Å². The van der Waals surface area contributed by atoms with Gasteiger partial charge in [-0.05, 0) is 30.0 Å². The number of hydrogen-bond donors (Lipinski definition) is 1. The maximum atomic E-state index is 12.6. The molecule has 0 radical (unpaired) electrons. The van der Waals surface area contributed by atoms with Crippen molar-refractivity contribution in [2.45, 2.75) is 33.1 Å².